The molecule has 16 heteroatoms. The van der Waals surface area contributed by atoms with Gasteiger partial charge in [-0.2, -0.15) is 0 Å². The quantitative estimate of drug-likeness (QED) is 0.0216. The zero-order chi connectivity index (χ0) is 78.6. The van der Waals surface area contributed by atoms with Crippen LogP contribution < -0.4 is 0 Å². The van der Waals surface area contributed by atoms with Crippen molar-refractivity contribution in [1.82, 2.24) is 9.97 Å². The molecule has 2 atom stereocenters. The van der Waals surface area contributed by atoms with E-state index in [9.17, 15) is 10.5 Å². The summed E-state index contributed by atoms with van der Waals surface area (Å²) >= 11 is 18.9. The second-order valence-electron chi connectivity index (χ2n) is 30.8. The lowest BCUT2D eigenvalue weighted by Crippen LogP contribution is -2.01. The van der Waals surface area contributed by atoms with Crippen molar-refractivity contribution < 1.29 is 0 Å². The lowest BCUT2D eigenvalue weighted by atomic mass is 9.95. The van der Waals surface area contributed by atoms with Crippen LogP contribution in [0.1, 0.15) is 303 Å². The summed E-state index contributed by atoms with van der Waals surface area (Å²) in [6.45, 7) is 34.1. The number of hydrogen-bond acceptors (Lipinski definition) is 14. The van der Waals surface area contributed by atoms with Gasteiger partial charge in [0.25, 0.3) is 11.4 Å². The lowest BCUT2D eigenvalue weighted by Gasteiger charge is -2.13. The number of thiazole rings is 2. The molecule has 0 fully saturated rings. The predicted molar refractivity (Wildman–Crippen MR) is 502 cm³/mol. The summed E-state index contributed by atoms with van der Waals surface area (Å²) in [5.74, 6) is 1.29. The molecule has 590 valence electrons. The summed E-state index contributed by atoms with van der Waals surface area (Å²) in [7, 11) is 0. The average molecular weight is 1670 g/mol. The molecule has 0 aliphatic rings. The largest absolute Gasteiger partial charge is 0.263 e. The van der Waals surface area contributed by atoms with Crippen LogP contribution in [0.2, 0.25) is 0 Å². The van der Waals surface area contributed by atoms with Gasteiger partial charge >= 0.3 is 0 Å². The fourth-order valence-electron chi connectivity index (χ4n) is 15.6. The van der Waals surface area contributed by atoms with E-state index in [1.807, 2.05) is 90.7 Å². The number of unbranched alkanes of at least 4 members (excludes halogenated alkanes) is 22. The van der Waals surface area contributed by atoms with Gasteiger partial charge in [-0.05, 0) is 183 Å². The molecule has 0 amide bonds. The Hall–Kier alpha value is -5.96. The van der Waals surface area contributed by atoms with Crippen LogP contribution >= 0.6 is 113 Å². The highest BCUT2D eigenvalue weighted by molar-refractivity contribution is 7.32. The first-order chi connectivity index (χ1) is 55.0. The van der Waals surface area contributed by atoms with Crippen LogP contribution in [0.4, 0.5) is 0 Å². The molecule has 10 heterocycles. The standard InChI is InChI=1S/C96H116N6S10/c1-11-19-25-29-33-37-43-67-57-75(61-71(63-97)99-9)105-89(67)79-51-53-81(107-79)91-69(45-39-35-31-27-21-13-3)59-83(109-91)95-101-87-85(77-49-47-73(103-77)55-65(17-7)41-23-15-5)94-88(86(93(87)111-95)78-50-48-74(104-78)56-66(18-8)42-24-16-6)102-96(112-94)84-60-70(46-40-36-32-28-22-14-4)92(110-84)82-54-52-80(108-82)90-68(44-38-34-30-26-20-12-2)58-76(106-90)62-72(64-98)100-10/h47-54,57-62,65-66H,11-46,55-56H2,1-8H3/b71-61-,72-62+. The first-order valence-electron chi connectivity index (χ1n) is 42.7. The molecule has 0 aliphatic carbocycles. The van der Waals surface area contributed by atoms with Gasteiger partial charge in [0.2, 0.25) is 0 Å². The Kier molecular flexibility index (Phi) is 35.3. The molecule has 0 saturated heterocycles. The van der Waals surface area contributed by atoms with Crippen molar-refractivity contribution >= 4 is 146 Å². The van der Waals surface area contributed by atoms with Crippen molar-refractivity contribution in [2.75, 3.05) is 0 Å². The predicted octanol–water partition coefficient (Wildman–Crippen LogP) is 35.4. The van der Waals surface area contributed by atoms with Crippen LogP contribution in [0, 0.1) is 47.6 Å². The van der Waals surface area contributed by atoms with Gasteiger partial charge < -0.3 is 0 Å². The zero-order valence-corrected chi connectivity index (χ0v) is 76.0. The van der Waals surface area contributed by atoms with Gasteiger partial charge in [0, 0.05) is 79.4 Å². The summed E-state index contributed by atoms with van der Waals surface area (Å²) in [5, 5.41) is 21.9. The minimum Gasteiger partial charge on any atom is -0.234 e. The van der Waals surface area contributed by atoms with Crippen LogP contribution in [0.15, 0.2) is 84.2 Å². The van der Waals surface area contributed by atoms with Gasteiger partial charge in [0.1, 0.15) is 10.0 Å². The van der Waals surface area contributed by atoms with Crippen molar-refractivity contribution in [3.05, 3.63) is 149 Å². The highest BCUT2D eigenvalue weighted by Gasteiger charge is 2.30. The maximum absolute atomic E-state index is 9.87. The molecule has 0 N–H and O–H groups in total. The minimum absolute atomic E-state index is 0.131. The molecule has 0 saturated carbocycles. The molecule has 0 aliphatic heterocycles. The van der Waals surface area contributed by atoms with E-state index >= 15 is 0 Å². The van der Waals surface area contributed by atoms with E-state index in [0.29, 0.717) is 11.8 Å². The Labute approximate surface area is 711 Å². The number of aromatic nitrogens is 2. The van der Waals surface area contributed by atoms with Crippen LogP contribution in [-0.2, 0) is 38.5 Å². The van der Waals surface area contributed by atoms with E-state index in [0.717, 1.165) is 95.0 Å². The van der Waals surface area contributed by atoms with Gasteiger partial charge in [-0.3, -0.25) is 0 Å². The molecule has 0 radical (unpaired) electrons. The summed E-state index contributed by atoms with van der Waals surface area (Å²) in [5.41, 5.74) is 10.4. The Morgan fingerprint density at radius 2 is 0.670 bits per heavy atom. The van der Waals surface area contributed by atoms with E-state index in [4.69, 9.17) is 23.1 Å². The topological polar surface area (TPSA) is 82.1 Å². The lowest BCUT2D eigenvalue weighted by molar-refractivity contribution is 0.452. The number of hydrogen-bond donors (Lipinski definition) is 0. The Morgan fingerprint density at radius 3 is 0.991 bits per heavy atom. The number of benzene rings is 1. The maximum atomic E-state index is 9.87. The Bertz CT molecular complexity index is 4620. The first kappa shape index (κ1) is 86.9. The Morgan fingerprint density at radius 1 is 0.357 bits per heavy atom. The number of allylic oxidation sites excluding steroid dienone is 2. The van der Waals surface area contributed by atoms with Crippen LogP contribution in [0.3, 0.4) is 0 Å². The van der Waals surface area contributed by atoms with Crippen molar-refractivity contribution in [2.45, 2.75) is 299 Å². The number of nitriles is 2. The molecule has 0 bridgehead atoms. The molecule has 11 aromatic rings. The smallest absolute Gasteiger partial charge is 0.234 e. The molecule has 112 heavy (non-hydrogen) atoms. The molecule has 11 rings (SSSR count). The number of thiophene rings is 8. The normalized spacial score (nSPS) is 12.6. The first-order valence-corrected chi connectivity index (χ1v) is 50.8. The molecule has 6 nitrogen and oxygen atoms in total. The number of aryl methyl sites for hydroxylation is 4. The Balaban J connectivity index is 1.08. The molecular weight excluding hydrogens is 1560 g/mol. The third-order valence-electron chi connectivity index (χ3n) is 22.1. The van der Waals surface area contributed by atoms with Gasteiger partial charge in [-0.25, -0.2) is 30.2 Å². The number of fused-ring (bicyclic) bond motifs is 2. The average Bonchev–Trinajstić information content (AvgIpc) is 1.56. The van der Waals surface area contributed by atoms with Crippen molar-refractivity contribution in [1.29, 1.82) is 10.5 Å². The molecular formula is C96H116N6S10. The maximum Gasteiger partial charge on any atom is 0.263 e. The molecule has 1 aromatic carbocycles. The van der Waals surface area contributed by atoms with E-state index in [1.165, 1.54) is 291 Å². The summed E-state index contributed by atoms with van der Waals surface area (Å²) in [4.78, 5) is 39.6. The summed E-state index contributed by atoms with van der Waals surface area (Å²) < 4.78 is 2.47. The van der Waals surface area contributed by atoms with Gasteiger partial charge in [0.15, 0.2) is 0 Å². The van der Waals surface area contributed by atoms with Crippen LogP contribution in [0.5, 0.6) is 0 Å². The van der Waals surface area contributed by atoms with Gasteiger partial charge in [0.05, 0.1) is 55.5 Å². The second-order valence-corrected chi connectivity index (χ2v) is 41.5. The highest BCUT2D eigenvalue weighted by atomic mass is 32.1. The van der Waals surface area contributed by atoms with E-state index < -0.39 is 0 Å². The fourth-order valence-corrected chi connectivity index (χ4v) is 27.7. The summed E-state index contributed by atoms with van der Waals surface area (Å²) in [6.07, 6.45) is 49.3. The van der Waals surface area contributed by atoms with Crippen molar-refractivity contribution in [3.63, 3.8) is 0 Å². The fraction of sp³-hybridized carbons (Fsp3) is 0.500. The zero-order valence-electron chi connectivity index (χ0n) is 67.9. The van der Waals surface area contributed by atoms with E-state index in [-0.39, 0.29) is 11.4 Å². The van der Waals surface area contributed by atoms with Gasteiger partial charge in [-0.15, -0.1) is 113 Å². The van der Waals surface area contributed by atoms with Crippen LogP contribution in [0.25, 0.3) is 122 Å². The minimum atomic E-state index is 0.131. The van der Waals surface area contributed by atoms with Crippen molar-refractivity contribution in [3.8, 4) is 91.8 Å². The summed E-state index contributed by atoms with van der Waals surface area (Å²) in [6, 6.07) is 33.0. The highest BCUT2D eigenvalue weighted by Crippen LogP contribution is 2.56. The monoisotopic (exact) mass is 1670 g/mol. The van der Waals surface area contributed by atoms with E-state index in [2.05, 4.69) is 150 Å². The third kappa shape index (κ3) is 23.2. The van der Waals surface area contributed by atoms with E-state index in [1.54, 1.807) is 34.8 Å². The molecule has 10 aromatic heterocycles. The van der Waals surface area contributed by atoms with Crippen molar-refractivity contribution in [2.24, 2.45) is 11.8 Å². The molecule has 2 unspecified atom stereocenters. The molecule has 0 spiro atoms. The number of nitrogens with zero attached hydrogens (tertiary/aromatic N) is 6. The SMILES string of the molecule is [C-]#[N+]/C(C#N)=C\c1cc(CCCCCCCC)c(-c2ccc(-c3sc(-c4nc5c(-c6ccc(CC(CC)CCCC)s6)c6sc(-c7cc(CCCCCCCC)c(-c8ccc(-c9sc(/C=C(\C#N)[N+]#[C-])cc9CCCCCCCC)s8)s7)nc6c(-c6ccc(CC(CC)CCCC)s6)c5s4)cc3CCCCCCCC)s2)s1. The second kappa shape index (κ2) is 45.5. The van der Waals surface area contributed by atoms with Gasteiger partial charge in [-0.1, -0.05) is 235 Å². The number of rotatable bonds is 50. The van der Waals surface area contributed by atoms with Crippen LogP contribution in [-0.4, -0.2) is 9.97 Å². The third-order valence-corrected chi connectivity index (χ3v) is 34.3.